The van der Waals surface area contributed by atoms with Gasteiger partial charge in [0, 0.05) is 12.3 Å². The summed E-state index contributed by atoms with van der Waals surface area (Å²) in [6.45, 7) is 0. The lowest BCUT2D eigenvalue weighted by Crippen LogP contribution is -2.29. The summed E-state index contributed by atoms with van der Waals surface area (Å²) in [5, 5.41) is -1.34. The van der Waals surface area contributed by atoms with Crippen molar-refractivity contribution < 1.29 is 51.5 Å². The molecule has 1 aromatic heterocycles. The van der Waals surface area contributed by atoms with Gasteiger partial charge in [0.1, 0.15) is 5.02 Å². The van der Waals surface area contributed by atoms with E-state index in [9.17, 15) is 43.2 Å². The molecule has 23 heavy (non-hydrogen) atoms. The van der Waals surface area contributed by atoms with Crippen molar-refractivity contribution >= 4 is 31.8 Å². The van der Waals surface area contributed by atoms with E-state index in [-0.39, 0.29) is 0 Å². The summed E-state index contributed by atoms with van der Waals surface area (Å²) in [7, 11) is -12.4. The summed E-state index contributed by atoms with van der Waals surface area (Å²) in [6, 6.07) is 0.429. The lowest BCUT2D eigenvalue weighted by molar-refractivity contribution is -0.0503. The molecular formula is C7H2ClF6NO6S2. The molecule has 1 aromatic rings. The molecule has 1 rings (SSSR count). The molecule has 0 spiro atoms. The monoisotopic (exact) mass is 409 g/mol. The Balaban J connectivity index is 3.25. The van der Waals surface area contributed by atoms with Crippen LogP contribution in [0.1, 0.15) is 0 Å². The van der Waals surface area contributed by atoms with E-state index in [2.05, 4.69) is 13.4 Å². The van der Waals surface area contributed by atoms with E-state index < -0.39 is 47.9 Å². The number of hydrogen-bond donors (Lipinski definition) is 0. The fraction of sp³-hybridized carbons (Fsp3) is 0.286. The maximum absolute atomic E-state index is 12.1. The molecule has 7 nitrogen and oxygen atoms in total. The van der Waals surface area contributed by atoms with Gasteiger partial charge in [0.25, 0.3) is 5.88 Å². The fourth-order valence-electron chi connectivity index (χ4n) is 0.847. The van der Waals surface area contributed by atoms with Crippen LogP contribution in [0.25, 0.3) is 0 Å². The Morgan fingerprint density at radius 2 is 1.35 bits per heavy atom. The first-order chi connectivity index (χ1) is 10.1. The Hall–Kier alpha value is -1.48. The van der Waals surface area contributed by atoms with E-state index in [4.69, 9.17) is 11.6 Å². The van der Waals surface area contributed by atoms with Gasteiger partial charge in [-0.1, -0.05) is 11.6 Å². The van der Waals surface area contributed by atoms with Crippen LogP contribution in [0.4, 0.5) is 26.3 Å². The molecule has 0 aliphatic rings. The summed E-state index contributed by atoms with van der Waals surface area (Å²) in [6.07, 6.45) is 0.411. The smallest absolute Gasteiger partial charge is 0.374 e. The molecule has 0 bridgehead atoms. The van der Waals surface area contributed by atoms with Gasteiger partial charge in [0.15, 0.2) is 5.75 Å². The Bertz CT molecular complexity index is 737. The van der Waals surface area contributed by atoms with E-state index >= 15 is 0 Å². The Kier molecular flexibility index (Phi) is 4.99. The SMILES string of the molecule is O=S(=O)(Oc1ccnc(OS(=O)(=O)C(F)(F)F)c1Cl)C(F)(F)F. The van der Waals surface area contributed by atoms with Crippen LogP contribution in [0.2, 0.25) is 5.02 Å². The van der Waals surface area contributed by atoms with Crippen molar-refractivity contribution in [3.8, 4) is 11.6 Å². The molecule has 16 heteroatoms. The van der Waals surface area contributed by atoms with Crippen molar-refractivity contribution in [1.82, 2.24) is 4.98 Å². The maximum atomic E-state index is 12.1. The summed E-state index contributed by atoms with van der Waals surface area (Å²) < 4.78 is 123. The highest BCUT2D eigenvalue weighted by Gasteiger charge is 2.50. The minimum absolute atomic E-state index is 0.411. The van der Waals surface area contributed by atoms with Crippen molar-refractivity contribution in [1.29, 1.82) is 0 Å². The largest absolute Gasteiger partial charge is 0.534 e. The van der Waals surface area contributed by atoms with E-state index in [0.29, 0.717) is 12.3 Å². The molecule has 0 saturated carbocycles. The third-order valence-electron chi connectivity index (χ3n) is 1.78. The number of rotatable bonds is 4. The second-order valence-electron chi connectivity index (χ2n) is 3.39. The van der Waals surface area contributed by atoms with Gasteiger partial charge in [-0.3, -0.25) is 0 Å². The summed E-state index contributed by atoms with van der Waals surface area (Å²) in [5.74, 6) is -2.87. The van der Waals surface area contributed by atoms with Gasteiger partial charge < -0.3 is 8.37 Å². The molecule has 1 heterocycles. The molecular weight excluding hydrogens is 408 g/mol. The van der Waals surface area contributed by atoms with Crippen LogP contribution in [0, 0.1) is 0 Å². The molecule has 0 aliphatic carbocycles. The highest BCUT2D eigenvalue weighted by molar-refractivity contribution is 7.88. The van der Waals surface area contributed by atoms with Gasteiger partial charge in [-0.2, -0.15) is 43.2 Å². The number of nitrogens with zero attached hydrogens (tertiary/aromatic N) is 1. The minimum Gasteiger partial charge on any atom is -0.374 e. The quantitative estimate of drug-likeness (QED) is 0.427. The second kappa shape index (κ2) is 5.86. The molecule has 0 amide bonds. The predicted octanol–water partition coefficient (Wildman–Crippen LogP) is 2.19. The Labute approximate surface area is 129 Å². The number of pyridine rings is 1. The van der Waals surface area contributed by atoms with Crippen LogP contribution in [0.3, 0.4) is 0 Å². The van der Waals surface area contributed by atoms with Gasteiger partial charge >= 0.3 is 31.3 Å². The lowest BCUT2D eigenvalue weighted by atomic mass is 10.4. The van der Waals surface area contributed by atoms with E-state index in [1.54, 1.807) is 0 Å². The Morgan fingerprint density at radius 3 is 1.78 bits per heavy atom. The average Bonchev–Trinajstić information content (AvgIpc) is 2.31. The fourth-order valence-corrected chi connectivity index (χ4v) is 2.03. The van der Waals surface area contributed by atoms with Crippen molar-refractivity contribution in [2.45, 2.75) is 11.0 Å². The number of alkyl halides is 6. The van der Waals surface area contributed by atoms with Crippen LogP contribution in [0.5, 0.6) is 11.6 Å². The third kappa shape index (κ3) is 4.29. The van der Waals surface area contributed by atoms with Gasteiger partial charge in [0.05, 0.1) is 0 Å². The molecule has 0 N–H and O–H groups in total. The van der Waals surface area contributed by atoms with Crippen LogP contribution < -0.4 is 8.37 Å². The number of hydrogen-bond acceptors (Lipinski definition) is 7. The number of aromatic nitrogens is 1. The molecule has 0 aliphatic heterocycles. The van der Waals surface area contributed by atoms with Gasteiger partial charge in [-0.25, -0.2) is 4.98 Å². The zero-order valence-corrected chi connectivity index (χ0v) is 12.4. The zero-order valence-electron chi connectivity index (χ0n) is 10.0. The number of halogens is 7. The van der Waals surface area contributed by atoms with Gasteiger partial charge in [-0.05, 0) is 0 Å². The molecule has 0 aromatic carbocycles. The van der Waals surface area contributed by atoms with E-state index in [1.807, 2.05) is 0 Å². The highest BCUT2D eigenvalue weighted by atomic mass is 35.5. The normalized spacial score (nSPS) is 13.7. The van der Waals surface area contributed by atoms with Crippen molar-refractivity contribution in [3.63, 3.8) is 0 Å². The van der Waals surface area contributed by atoms with Crippen LogP contribution in [-0.2, 0) is 20.2 Å². The first-order valence-electron chi connectivity index (χ1n) is 4.74. The maximum Gasteiger partial charge on any atom is 0.534 e. The van der Waals surface area contributed by atoms with E-state index in [1.165, 1.54) is 0 Å². The van der Waals surface area contributed by atoms with Crippen LogP contribution in [0.15, 0.2) is 12.3 Å². The molecule has 0 fully saturated rings. The van der Waals surface area contributed by atoms with E-state index in [0.717, 1.165) is 0 Å². The topological polar surface area (TPSA) is 99.6 Å². The molecule has 0 atom stereocenters. The van der Waals surface area contributed by atoms with Crippen molar-refractivity contribution in [2.75, 3.05) is 0 Å². The van der Waals surface area contributed by atoms with Crippen molar-refractivity contribution in [3.05, 3.63) is 17.3 Å². The van der Waals surface area contributed by atoms with Crippen molar-refractivity contribution in [2.24, 2.45) is 0 Å². The lowest BCUT2D eigenvalue weighted by Gasteiger charge is -2.13. The minimum atomic E-state index is -6.24. The average molecular weight is 410 g/mol. The first-order valence-corrected chi connectivity index (χ1v) is 7.94. The zero-order chi connectivity index (χ0) is 18.3. The van der Waals surface area contributed by atoms with Gasteiger partial charge in [-0.15, -0.1) is 0 Å². The van der Waals surface area contributed by atoms with Gasteiger partial charge in [0.2, 0.25) is 0 Å². The standard InChI is InChI=1S/C7H2ClF6NO6S2/c8-4-3(20-22(16,17)6(9,10)11)1-2-15-5(4)21-23(18,19)7(12,13)14/h1-2H. The second-order valence-corrected chi connectivity index (χ2v) is 6.85. The molecule has 132 valence electrons. The highest BCUT2D eigenvalue weighted by Crippen LogP contribution is 2.37. The molecule has 0 radical (unpaired) electrons. The third-order valence-corrected chi connectivity index (χ3v) is 4.03. The summed E-state index contributed by atoms with van der Waals surface area (Å²) in [5.41, 5.74) is -11.7. The first kappa shape index (κ1) is 19.6. The molecule has 0 unspecified atom stereocenters. The Morgan fingerprint density at radius 1 is 0.913 bits per heavy atom. The summed E-state index contributed by atoms with van der Waals surface area (Å²) in [4.78, 5) is 2.94. The van der Waals surface area contributed by atoms with Crippen LogP contribution in [-0.4, -0.2) is 32.8 Å². The summed E-state index contributed by atoms with van der Waals surface area (Å²) >= 11 is 5.24. The van der Waals surface area contributed by atoms with Crippen LogP contribution >= 0.6 is 11.6 Å². The predicted molar refractivity (Wildman–Crippen MR) is 60.5 cm³/mol. The molecule has 0 saturated heterocycles.